The number of hydrogen-bond acceptors (Lipinski definition) is 2. The highest BCUT2D eigenvalue weighted by Crippen LogP contribution is 2.55. The number of ketones is 1. The van der Waals surface area contributed by atoms with Crippen LogP contribution in [0.4, 0.5) is 0 Å². The lowest BCUT2D eigenvalue weighted by atomic mass is 9.54. The van der Waals surface area contributed by atoms with E-state index in [-0.39, 0.29) is 11.2 Å². The normalized spacial score (nSPS) is 40.8. The summed E-state index contributed by atoms with van der Waals surface area (Å²) in [5, 5.41) is 11.1. The van der Waals surface area contributed by atoms with E-state index >= 15 is 0 Å². The van der Waals surface area contributed by atoms with Gasteiger partial charge in [-0.15, -0.1) is 13.2 Å². The van der Waals surface area contributed by atoms with E-state index in [0.717, 1.165) is 32.1 Å². The first-order chi connectivity index (χ1) is 9.46. The van der Waals surface area contributed by atoms with Gasteiger partial charge in [-0.1, -0.05) is 25.2 Å². The Balaban J connectivity index is 2.26. The summed E-state index contributed by atoms with van der Waals surface area (Å²) in [6, 6.07) is 0. The summed E-state index contributed by atoms with van der Waals surface area (Å²) >= 11 is 0. The lowest BCUT2D eigenvalue weighted by Gasteiger charge is -2.53. The number of aliphatic hydroxyl groups is 1. The van der Waals surface area contributed by atoms with E-state index in [1.807, 2.05) is 12.2 Å². The van der Waals surface area contributed by atoms with Crippen LogP contribution in [0.1, 0.15) is 45.4 Å². The van der Waals surface area contributed by atoms with Gasteiger partial charge in [0.2, 0.25) is 0 Å². The van der Waals surface area contributed by atoms with Crippen LogP contribution >= 0.6 is 0 Å². The molecule has 1 spiro atoms. The van der Waals surface area contributed by atoms with Crippen LogP contribution < -0.4 is 0 Å². The Morgan fingerprint density at radius 2 is 2.20 bits per heavy atom. The number of carbonyl (C=O) groups excluding carboxylic acids is 1. The molecule has 0 amide bonds. The highest BCUT2D eigenvalue weighted by Gasteiger charge is 2.53. The molecular weight excluding hydrogens is 248 g/mol. The molecule has 0 unspecified atom stereocenters. The fraction of sp³-hybridized carbons (Fsp3) is 0.611. The van der Waals surface area contributed by atoms with Gasteiger partial charge >= 0.3 is 0 Å². The van der Waals surface area contributed by atoms with Crippen LogP contribution in [-0.2, 0) is 4.79 Å². The molecule has 2 aliphatic carbocycles. The van der Waals surface area contributed by atoms with Gasteiger partial charge in [0.05, 0.1) is 5.60 Å². The van der Waals surface area contributed by atoms with E-state index in [0.29, 0.717) is 18.3 Å². The minimum Gasteiger partial charge on any atom is -0.385 e. The molecule has 2 aliphatic rings. The zero-order chi connectivity index (χ0) is 14.8. The molecule has 4 atom stereocenters. The highest BCUT2D eigenvalue weighted by molar-refractivity contribution is 5.90. The maximum absolute atomic E-state index is 11.5. The monoisotopic (exact) mass is 274 g/mol. The lowest BCUT2D eigenvalue weighted by Crippen LogP contribution is -2.53. The van der Waals surface area contributed by atoms with Gasteiger partial charge in [-0.05, 0) is 50.0 Å². The van der Waals surface area contributed by atoms with E-state index in [4.69, 9.17) is 0 Å². The van der Waals surface area contributed by atoms with Crippen molar-refractivity contribution in [3.8, 4) is 0 Å². The molecule has 0 aromatic carbocycles. The van der Waals surface area contributed by atoms with Crippen molar-refractivity contribution in [3.05, 3.63) is 37.5 Å². The molecule has 20 heavy (non-hydrogen) atoms. The van der Waals surface area contributed by atoms with Gasteiger partial charge in [-0.3, -0.25) is 4.79 Å². The van der Waals surface area contributed by atoms with E-state index in [1.54, 1.807) is 12.2 Å². The van der Waals surface area contributed by atoms with Crippen molar-refractivity contribution >= 4 is 5.78 Å². The summed E-state index contributed by atoms with van der Waals surface area (Å²) in [7, 11) is 0. The number of hydrogen-bond donors (Lipinski definition) is 1. The molecule has 0 aromatic heterocycles. The molecule has 0 aromatic rings. The van der Waals surface area contributed by atoms with E-state index in [2.05, 4.69) is 20.1 Å². The Morgan fingerprint density at radius 1 is 1.45 bits per heavy atom. The summed E-state index contributed by atoms with van der Waals surface area (Å²) in [6.07, 6.45) is 12.3. The van der Waals surface area contributed by atoms with Gasteiger partial charge in [0.25, 0.3) is 0 Å². The van der Waals surface area contributed by atoms with Crippen LogP contribution in [0.5, 0.6) is 0 Å². The lowest BCUT2D eigenvalue weighted by molar-refractivity contribution is -0.121. The van der Waals surface area contributed by atoms with Crippen LogP contribution in [0.2, 0.25) is 0 Å². The zero-order valence-corrected chi connectivity index (χ0v) is 12.5. The summed E-state index contributed by atoms with van der Waals surface area (Å²) < 4.78 is 0. The quantitative estimate of drug-likeness (QED) is 0.791. The average Bonchev–Trinajstić information content (AvgIpc) is 2.44. The van der Waals surface area contributed by atoms with Crippen molar-refractivity contribution in [3.63, 3.8) is 0 Å². The van der Waals surface area contributed by atoms with Crippen molar-refractivity contribution in [1.29, 1.82) is 0 Å². The van der Waals surface area contributed by atoms with E-state index in [1.165, 1.54) is 0 Å². The largest absolute Gasteiger partial charge is 0.385 e. The topological polar surface area (TPSA) is 37.3 Å². The van der Waals surface area contributed by atoms with E-state index in [9.17, 15) is 9.90 Å². The molecule has 1 N–H and O–H groups in total. The minimum absolute atomic E-state index is 0.170. The highest BCUT2D eigenvalue weighted by atomic mass is 16.3. The fourth-order valence-corrected chi connectivity index (χ4v) is 4.02. The second-order valence-corrected chi connectivity index (χ2v) is 6.60. The predicted molar refractivity (Wildman–Crippen MR) is 82.3 cm³/mol. The maximum atomic E-state index is 11.5. The Labute approximate surface area is 122 Å². The van der Waals surface area contributed by atoms with Crippen LogP contribution in [0.3, 0.4) is 0 Å². The van der Waals surface area contributed by atoms with Crippen molar-refractivity contribution < 1.29 is 9.90 Å². The first kappa shape index (κ1) is 15.2. The van der Waals surface area contributed by atoms with Crippen LogP contribution in [0.15, 0.2) is 37.5 Å². The van der Waals surface area contributed by atoms with Crippen molar-refractivity contribution in [1.82, 2.24) is 0 Å². The van der Waals surface area contributed by atoms with Crippen molar-refractivity contribution in [2.45, 2.75) is 51.0 Å². The molecule has 2 nitrogen and oxygen atoms in total. The molecule has 0 radical (unpaired) electrons. The van der Waals surface area contributed by atoms with Gasteiger partial charge in [0.1, 0.15) is 0 Å². The molecule has 2 heteroatoms. The fourth-order valence-electron chi connectivity index (χ4n) is 4.02. The zero-order valence-electron chi connectivity index (χ0n) is 12.5. The molecular formula is C18H26O2. The van der Waals surface area contributed by atoms with Crippen LogP contribution in [0, 0.1) is 17.3 Å². The molecule has 2 rings (SSSR count). The second-order valence-electron chi connectivity index (χ2n) is 6.60. The molecule has 0 heterocycles. The summed E-state index contributed by atoms with van der Waals surface area (Å²) in [4.78, 5) is 11.5. The average molecular weight is 274 g/mol. The molecule has 1 fully saturated rings. The first-order valence-electron chi connectivity index (χ1n) is 7.65. The Morgan fingerprint density at radius 3 is 2.75 bits per heavy atom. The molecule has 0 bridgehead atoms. The second kappa shape index (κ2) is 5.69. The van der Waals surface area contributed by atoms with Gasteiger partial charge in [0, 0.05) is 11.8 Å². The first-order valence-corrected chi connectivity index (χ1v) is 7.65. The van der Waals surface area contributed by atoms with Gasteiger partial charge in [-0.2, -0.15) is 0 Å². The molecule has 0 saturated heterocycles. The van der Waals surface area contributed by atoms with Crippen LogP contribution in [0.25, 0.3) is 0 Å². The standard InChI is InChI=1S/C18H26O2/c1-4-6-7-15-13-18(20,5-2)17(12-14(15)3)10-8-16(19)9-11-17/h4-5,8,10,14-15,20H,1-2,6-7,9,11-13H2,3H3/t14-,15-,17-,18+/m1/s1. The minimum atomic E-state index is -0.886. The Hall–Kier alpha value is -1.15. The van der Waals surface area contributed by atoms with Gasteiger partial charge in [0.15, 0.2) is 5.78 Å². The third kappa shape index (κ3) is 2.54. The molecule has 110 valence electrons. The number of carbonyl (C=O) groups is 1. The van der Waals surface area contributed by atoms with Gasteiger partial charge in [-0.25, -0.2) is 0 Å². The number of allylic oxidation sites excluding steroid dienone is 2. The maximum Gasteiger partial charge on any atom is 0.155 e. The Bertz CT molecular complexity index is 437. The Kier molecular flexibility index (Phi) is 4.33. The summed E-state index contributed by atoms with van der Waals surface area (Å²) in [5.41, 5.74) is -1.19. The smallest absolute Gasteiger partial charge is 0.155 e. The third-order valence-corrected chi connectivity index (χ3v) is 5.41. The SMILES string of the molecule is C=CCC[C@@H]1C[C@@](O)(C=C)[C@@]2(C=CC(=O)CC2)C[C@H]1C. The number of rotatable bonds is 4. The molecule has 1 saturated carbocycles. The molecule has 0 aliphatic heterocycles. The van der Waals surface area contributed by atoms with Crippen molar-refractivity contribution in [2.75, 3.05) is 0 Å². The van der Waals surface area contributed by atoms with E-state index < -0.39 is 5.60 Å². The van der Waals surface area contributed by atoms with Crippen LogP contribution in [-0.4, -0.2) is 16.5 Å². The summed E-state index contributed by atoms with van der Waals surface area (Å²) in [6.45, 7) is 9.93. The van der Waals surface area contributed by atoms with Crippen molar-refractivity contribution in [2.24, 2.45) is 17.3 Å². The summed E-state index contributed by atoms with van der Waals surface area (Å²) in [5.74, 6) is 1.21. The predicted octanol–water partition coefficient (Wildman–Crippen LogP) is 3.82. The third-order valence-electron chi connectivity index (χ3n) is 5.41. The van der Waals surface area contributed by atoms with Gasteiger partial charge < -0.3 is 5.11 Å².